The van der Waals surface area contributed by atoms with Crippen LogP contribution in [0.25, 0.3) is 11.1 Å². The van der Waals surface area contributed by atoms with Gasteiger partial charge in [-0.05, 0) is 47.7 Å². The predicted octanol–water partition coefficient (Wildman–Crippen LogP) is 6.27. The number of alkyl halides is 3. The molecule has 184 valence electrons. The van der Waals surface area contributed by atoms with Crippen molar-refractivity contribution < 1.29 is 27.9 Å². The van der Waals surface area contributed by atoms with Crippen LogP contribution >= 0.6 is 0 Å². The van der Waals surface area contributed by atoms with E-state index < -0.39 is 17.7 Å². The summed E-state index contributed by atoms with van der Waals surface area (Å²) < 4.78 is 41.0. The summed E-state index contributed by atoms with van der Waals surface area (Å²) in [5.41, 5.74) is 2.64. The molecular weight excluding hydrogens is 457 g/mol. The lowest BCUT2D eigenvalue weighted by Crippen LogP contribution is -2.27. The lowest BCUT2D eigenvalue weighted by atomic mass is 9.97. The Morgan fingerprint density at radius 3 is 2.31 bits per heavy atom. The number of nitrogens with zero attached hydrogens (tertiary/aromatic N) is 1. The highest BCUT2D eigenvalue weighted by Crippen LogP contribution is 2.37. The van der Waals surface area contributed by atoms with Crippen molar-refractivity contribution in [3.8, 4) is 11.1 Å². The number of aliphatic carboxylic acids is 1. The first-order chi connectivity index (χ1) is 16.6. The molecule has 3 rings (SSSR count). The molecule has 0 saturated carbocycles. The molecule has 0 aliphatic rings. The summed E-state index contributed by atoms with van der Waals surface area (Å²) in [6.45, 7) is 3.99. The first-order valence-corrected chi connectivity index (χ1v) is 11.1. The Bertz CT molecular complexity index is 1160. The van der Waals surface area contributed by atoms with Crippen LogP contribution in [0.4, 0.5) is 13.2 Å². The van der Waals surface area contributed by atoms with Gasteiger partial charge in [0.05, 0.1) is 17.7 Å². The van der Waals surface area contributed by atoms with Crippen LogP contribution in [0, 0.1) is 0 Å². The molecule has 35 heavy (non-hydrogen) atoms. The number of benzene rings is 3. The van der Waals surface area contributed by atoms with Crippen LogP contribution in [0.1, 0.15) is 42.5 Å². The van der Waals surface area contributed by atoms with Gasteiger partial charge in [-0.15, -0.1) is 0 Å². The Labute approximate surface area is 202 Å². The largest absolute Gasteiger partial charge is 0.481 e. The summed E-state index contributed by atoms with van der Waals surface area (Å²) in [6, 6.07) is 20.0. The van der Waals surface area contributed by atoms with Gasteiger partial charge in [-0.25, -0.2) is 0 Å². The van der Waals surface area contributed by atoms with E-state index in [1.807, 2.05) is 31.2 Å². The molecule has 0 heterocycles. The van der Waals surface area contributed by atoms with Crippen molar-refractivity contribution in [2.75, 3.05) is 0 Å². The molecule has 5 nitrogen and oxygen atoms in total. The van der Waals surface area contributed by atoms with E-state index in [1.165, 1.54) is 6.07 Å². The lowest BCUT2D eigenvalue weighted by Gasteiger charge is -2.14. The molecule has 0 saturated heterocycles. The van der Waals surface area contributed by atoms with Gasteiger partial charge in [0.25, 0.3) is 0 Å². The van der Waals surface area contributed by atoms with Gasteiger partial charge in [0, 0.05) is 12.6 Å². The summed E-state index contributed by atoms with van der Waals surface area (Å²) in [7, 11) is 0. The Hall–Kier alpha value is -3.65. The second-order valence-corrected chi connectivity index (χ2v) is 8.27. The van der Waals surface area contributed by atoms with Crippen LogP contribution in [0.5, 0.6) is 0 Å². The van der Waals surface area contributed by atoms with Crippen LogP contribution < -0.4 is 5.32 Å². The third-order valence-corrected chi connectivity index (χ3v) is 5.41. The van der Waals surface area contributed by atoms with Crippen molar-refractivity contribution in [2.24, 2.45) is 5.16 Å². The Morgan fingerprint density at radius 2 is 1.69 bits per heavy atom. The normalized spacial score (nSPS) is 12.9. The third kappa shape index (κ3) is 7.68. The smallest absolute Gasteiger partial charge is 0.417 e. The monoisotopic (exact) mass is 484 g/mol. The van der Waals surface area contributed by atoms with Gasteiger partial charge in [-0.1, -0.05) is 71.9 Å². The highest BCUT2D eigenvalue weighted by molar-refractivity contribution is 5.98. The van der Waals surface area contributed by atoms with Gasteiger partial charge < -0.3 is 15.3 Å². The minimum atomic E-state index is -4.50. The summed E-state index contributed by atoms with van der Waals surface area (Å²) in [5.74, 6) is -0.853. The fraction of sp³-hybridized carbons (Fsp3) is 0.259. The highest BCUT2D eigenvalue weighted by atomic mass is 19.4. The molecule has 0 spiro atoms. The average molecular weight is 485 g/mol. The zero-order valence-electron chi connectivity index (χ0n) is 19.5. The van der Waals surface area contributed by atoms with E-state index in [2.05, 4.69) is 10.5 Å². The summed E-state index contributed by atoms with van der Waals surface area (Å²) in [5, 5.41) is 16.0. The maximum Gasteiger partial charge on any atom is 0.417 e. The molecule has 0 bridgehead atoms. The molecule has 0 radical (unpaired) electrons. The first-order valence-electron chi connectivity index (χ1n) is 11.1. The van der Waals surface area contributed by atoms with Crippen molar-refractivity contribution in [3.05, 3.63) is 95.1 Å². The molecule has 8 heteroatoms. The average Bonchev–Trinajstić information content (AvgIpc) is 2.82. The van der Waals surface area contributed by atoms with Crippen molar-refractivity contribution >= 4 is 11.7 Å². The molecule has 1 atom stereocenters. The summed E-state index contributed by atoms with van der Waals surface area (Å²) in [6.07, 6.45) is -4.46. The highest BCUT2D eigenvalue weighted by Gasteiger charge is 2.34. The van der Waals surface area contributed by atoms with E-state index in [0.717, 1.165) is 17.2 Å². The molecule has 0 fully saturated rings. The minimum absolute atomic E-state index is 0.0423. The van der Waals surface area contributed by atoms with Crippen LogP contribution in [-0.4, -0.2) is 22.8 Å². The Morgan fingerprint density at radius 1 is 1.03 bits per heavy atom. The fourth-order valence-electron chi connectivity index (χ4n) is 3.53. The summed E-state index contributed by atoms with van der Waals surface area (Å²) in [4.78, 5) is 16.1. The molecule has 0 amide bonds. The number of nitrogens with one attached hydrogen (secondary N) is 1. The van der Waals surface area contributed by atoms with Gasteiger partial charge in [0.2, 0.25) is 0 Å². The fourth-order valence-corrected chi connectivity index (χ4v) is 3.53. The second-order valence-electron chi connectivity index (χ2n) is 8.27. The quantitative estimate of drug-likeness (QED) is 0.263. The molecule has 0 aliphatic heterocycles. The van der Waals surface area contributed by atoms with Gasteiger partial charge in [-0.2, -0.15) is 13.2 Å². The zero-order chi connectivity index (χ0) is 25.4. The number of carboxylic acid groups (broad SMARTS) is 1. The van der Waals surface area contributed by atoms with E-state index in [4.69, 9.17) is 9.94 Å². The maximum absolute atomic E-state index is 13.7. The predicted molar refractivity (Wildman–Crippen MR) is 129 cm³/mol. The second kappa shape index (κ2) is 11.7. The maximum atomic E-state index is 13.7. The van der Waals surface area contributed by atoms with E-state index in [0.29, 0.717) is 23.4 Å². The van der Waals surface area contributed by atoms with Crippen molar-refractivity contribution in [2.45, 2.75) is 45.6 Å². The van der Waals surface area contributed by atoms with E-state index >= 15 is 0 Å². The van der Waals surface area contributed by atoms with Crippen molar-refractivity contribution in [1.82, 2.24) is 5.32 Å². The van der Waals surface area contributed by atoms with Gasteiger partial charge in [0.1, 0.15) is 6.61 Å². The number of carbonyl (C=O) groups is 1. The molecule has 3 aromatic carbocycles. The number of rotatable bonds is 10. The molecule has 1 unspecified atom stereocenters. The Kier molecular flexibility index (Phi) is 8.65. The molecule has 0 aromatic heterocycles. The van der Waals surface area contributed by atoms with E-state index in [9.17, 15) is 18.0 Å². The van der Waals surface area contributed by atoms with Crippen LogP contribution in [0.3, 0.4) is 0 Å². The molecule has 2 N–H and O–H groups in total. The standard InChI is InChI=1S/C27H27F3N2O3/c1-18(14-26(33)34)31-16-20-8-11-22(12-9-20)19(2)32-35-17-21-10-13-24(23-6-4-3-5-7-23)25(15-21)27(28,29)30/h3-13,15,18,31H,14,16-17H2,1-2H3,(H,33,34)/b32-19+. The molecular formula is C27H27F3N2O3. The van der Waals surface area contributed by atoms with E-state index in [1.54, 1.807) is 43.3 Å². The van der Waals surface area contributed by atoms with Crippen molar-refractivity contribution in [3.63, 3.8) is 0 Å². The van der Waals surface area contributed by atoms with Crippen LogP contribution in [-0.2, 0) is 29.0 Å². The van der Waals surface area contributed by atoms with Gasteiger partial charge in [-0.3, -0.25) is 4.79 Å². The van der Waals surface area contributed by atoms with Crippen molar-refractivity contribution in [1.29, 1.82) is 0 Å². The van der Waals surface area contributed by atoms with Gasteiger partial charge >= 0.3 is 12.1 Å². The number of hydrogen-bond acceptors (Lipinski definition) is 4. The topological polar surface area (TPSA) is 70.9 Å². The number of carboxylic acids is 1. The lowest BCUT2D eigenvalue weighted by molar-refractivity contribution is -0.138. The molecule has 0 aliphatic carbocycles. The molecule has 3 aromatic rings. The minimum Gasteiger partial charge on any atom is -0.481 e. The zero-order valence-corrected chi connectivity index (χ0v) is 19.5. The SMILES string of the molecule is C/C(=N\OCc1ccc(-c2ccccc2)c(C(F)(F)F)c1)c1ccc(CNC(C)CC(=O)O)cc1. The van der Waals surface area contributed by atoms with Gasteiger partial charge in [0.15, 0.2) is 0 Å². The Balaban J connectivity index is 1.63. The number of hydrogen-bond donors (Lipinski definition) is 2. The van der Waals surface area contributed by atoms with Crippen LogP contribution in [0.15, 0.2) is 78.0 Å². The number of oxime groups is 1. The summed E-state index contributed by atoms with van der Waals surface area (Å²) >= 11 is 0. The number of halogens is 3. The third-order valence-electron chi connectivity index (χ3n) is 5.41. The van der Waals surface area contributed by atoms with E-state index in [-0.39, 0.29) is 24.6 Å². The van der Waals surface area contributed by atoms with Crippen LogP contribution in [0.2, 0.25) is 0 Å². The first kappa shape index (κ1) is 26.0.